The Labute approximate surface area is 236 Å². The molecule has 2 rings (SSSR count). The molecule has 2 aliphatic heterocycles. The van der Waals surface area contributed by atoms with E-state index in [1.54, 1.807) is 0 Å². The van der Waals surface area contributed by atoms with E-state index in [0.717, 1.165) is 19.3 Å². The van der Waals surface area contributed by atoms with Crippen molar-refractivity contribution in [1.29, 1.82) is 0 Å². The van der Waals surface area contributed by atoms with E-state index in [1.165, 1.54) is 44.9 Å². The lowest BCUT2D eigenvalue weighted by molar-refractivity contribution is -0.218. The van der Waals surface area contributed by atoms with E-state index in [0.29, 0.717) is 6.61 Å². The Balaban J connectivity index is 1.81. The highest BCUT2D eigenvalue weighted by atomic mass is 16.7. The van der Waals surface area contributed by atoms with Crippen molar-refractivity contribution < 1.29 is 64.5 Å². The molecule has 2 saturated heterocycles. The topological polar surface area (TPSA) is 208 Å². The van der Waals surface area contributed by atoms with E-state index in [9.17, 15) is 30.6 Å². The average molecular weight is 585 g/mol. The molecule has 8 N–H and O–H groups in total. The predicted octanol–water partition coefficient (Wildman–Crippen LogP) is -1.07. The lowest BCUT2D eigenvalue weighted by Gasteiger charge is -2.24. The molecule has 0 unspecified atom stereocenters. The molecule has 40 heavy (non-hydrogen) atoms. The molecule has 13 nitrogen and oxygen atoms in total. The summed E-state index contributed by atoms with van der Waals surface area (Å²) in [6, 6.07) is 0. The van der Waals surface area contributed by atoms with E-state index in [-0.39, 0.29) is 13.2 Å². The fourth-order valence-electron chi connectivity index (χ4n) is 4.85. The van der Waals surface area contributed by atoms with Gasteiger partial charge in [-0.1, -0.05) is 64.7 Å². The summed E-state index contributed by atoms with van der Waals surface area (Å²) in [4.78, 5) is 0. The molecular formula is C27H52O13. The molecule has 0 radical (unpaired) electrons. The first-order valence-corrected chi connectivity index (χ1v) is 14.7. The summed E-state index contributed by atoms with van der Waals surface area (Å²) in [6.45, 7) is 0.961. The van der Waals surface area contributed by atoms with Crippen LogP contribution in [0.5, 0.6) is 0 Å². The van der Waals surface area contributed by atoms with Gasteiger partial charge in [0, 0.05) is 6.61 Å². The number of unbranched alkanes of at least 4 members (excludes halogenated alkanes) is 9. The summed E-state index contributed by atoms with van der Waals surface area (Å²) < 4.78 is 27.9. The van der Waals surface area contributed by atoms with Crippen molar-refractivity contribution in [3.63, 3.8) is 0 Å². The first-order chi connectivity index (χ1) is 19.2. The molecular weight excluding hydrogens is 532 g/mol. The summed E-state index contributed by atoms with van der Waals surface area (Å²) in [6.07, 6.45) is -2.79. The normalized spacial score (nSPS) is 32.2. The predicted molar refractivity (Wildman–Crippen MR) is 141 cm³/mol. The average Bonchev–Trinajstić information content (AvgIpc) is 3.41. The van der Waals surface area contributed by atoms with Crippen molar-refractivity contribution in [2.45, 2.75) is 139 Å². The first kappa shape index (κ1) is 35.7. The molecule has 10 atom stereocenters. The minimum absolute atomic E-state index is 0.151. The minimum atomic E-state index is -1.47. The number of rotatable bonds is 22. The Morgan fingerprint density at radius 3 is 1.40 bits per heavy atom. The summed E-state index contributed by atoms with van der Waals surface area (Å²) in [5.41, 5.74) is 0. The van der Waals surface area contributed by atoms with Crippen molar-refractivity contribution >= 4 is 0 Å². The van der Waals surface area contributed by atoms with Gasteiger partial charge in [0.2, 0.25) is 0 Å². The molecule has 0 saturated carbocycles. The van der Waals surface area contributed by atoms with Crippen LogP contribution >= 0.6 is 0 Å². The number of aliphatic hydroxyl groups excluding tert-OH is 8. The molecule has 0 amide bonds. The highest BCUT2D eigenvalue weighted by Gasteiger charge is 2.48. The quantitative estimate of drug-likeness (QED) is 0.0714. The third-order valence-electron chi connectivity index (χ3n) is 7.39. The van der Waals surface area contributed by atoms with Gasteiger partial charge < -0.3 is 64.5 Å². The fourth-order valence-corrected chi connectivity index (χ4v) is 4.85. The Morgan fingerprint density at radius 2 is 1.00 bits per heavy atom. The molecule has 0 aliphatic carbocycles. The second kappa shape index (κ2) is 19.6. The van der Waals surface area contributed by atoms with E-state index in [4.69, 9.17) is 33.9 Å². The second-order valence-corrected chi connectivity index (χ2v) is 10.7. The highest BCUT2D eigenvalue weighted by molar-refractivity contribution is 4.92. The summed E-state index contributed by atoms with van der Waals surface area (Å²) >= 11 is 0. The Kier molecular flexibility index (Phi) is 17.5. The Bertz CT molecular complexity index is 604. The maximum absolute atomic E-state index is 10.2. The lowest BCUT2D eigenvalue weighted by atomic mass is 10.1. The van der Waals surface area contributed by atoms with Crippen LogP contribution < -0.4 is 0 Å². The van der Waals surface area contributed by atoms with Gasteiger partial charge in [0.1, 0.15) is 54.9 Å². The van der Waals surface area contributed by atoms with Crippen LogP contribution in [0, 0.1) is 0 Å². The van der Waals surface area contributed by atoms with Crippen molar-refractivity contribution in [2.24, 2.45) is 0 Å². The van der Waals surface area contributed by atoms with Gasteiger partial charge in [-0.2, -0.15) is 0 Å². The van der Waals surface area contributed by atoms with Gasteiger partial charge in [0.25, 0.3) is 0 Å². The van der Waals surface area contributed by atoms with Gasteiger partial charge in [-0.05, 0) is 6.42 Å². The molecule has 2 aliphatic rings. The largest absolute Gasteiger partial charge is 0.394 e. The highest BCUT2D eigenvalue weighted by Crippen LogP contribution is 2.27. The van der Waals surface area contributed by atoms with E-state index in [2.05, 4.69) is 6.92 Å². The molecule has 0 aromatic heterocycles. The number of ether oxygens (including phenoxy) is 5. The van der Waals surface area contributed by atoms with E-state index in [1.807, 2.05) is 0 Å². The summed E-state index contributed by atoms with van der Waals surface area (Å²) in [7, 11) is 0. The second-order valence-electron chi connectivity index (χ2n) is 10.7. The summed E-state index contributed by atoms with van der Waals surface area (Å²) in [5.74, 6) is 0. The minimum Gasteiger partial charge on any atom is -0.394 e. The van der Waals surface area contributed by atoms with Crippen LogP contribution in [0.1, 0.15) is 71.1 Å². The van der Waals surface area contributed by atoms with Gasteiger partial charge in [0.05, 0.1) is 26.4 Å². The molecule has 0 aromatic rings. The fraction of sp³-hybridized carbons (Fsp3) is 1.00. The van der Waals surface area contributed by atoms with Gasteiger partial charge >= 0.3 is 0 Å². The Morgan fingerprint density at radius 1 is 0.600 bits per heavy atom. The van der Waals surface area contributed by atoms with Crippen LogP contribution in [-0.4, -0.2) is 141 Å². The molecule has 0 bridgehead atoms. The third-order valence-corrected chi connectivity index (χ3v) is 7.39. The van der Waals surface area contributed by atoms with E-state index < -0.39 is 80.7 Å². The van der Waals surface area contributed by atoms with Crippen molar-refractivity contribution in [3.05, 3.63) is 0 Å². The van der Waals surface area contributed by atoms with Crippen LogP contribution in [0.4, 0.5) is 0 Å². The van der Waals surface area contributed by atoms with Crippen molar-refractivity contribution in [3.8, 4) is 0 Å². The standard InChI is InChI=1S/C27H52O13/c1-2-3-4-5-6-7-8-9-10-11-12-36-17(15-37-26-22(34)20(32)24(39-26)18(30)13-28)16-38-27-23(35)21(33)25(40-27)19(31)14-29/h17-35H,2-16H2,1H3/t18-,19-,20+,21+,22-,23-,24+,25+,26+,27+/m0/s1. The molecule has 13 heteroatoms. The molecule has 2 fully saturated rings. The molecule has 238 valence electrons. The maximum Gasteiger partial charge on any atom is 0.186 e. The number of hydrogen-bond donors (Lipinski definition) is 8. The monoisotopic (exact) mass is 584 g/mol. The number of hydrogen-bond acceptors (Lipinski definition) is 13. The van der Waals surface area contributed by atoms with Gasteiger partial charge in [-0.25, -0.2) is 0 Å². The van der Waals surface area contributed by atoms with Gasteiger partial charge in [-0.15, -0.1) is 0 Å². The maximum atomic E-state index is 10.2. The summed E-state index contributed by atoms with van der Waals surface area (Å²) in [5, 5.41) is 78.6. The molecule has 0 aromatic carbocycles. The SMILES string of the molecule is CCCCCCCCCCCCOC(CO[C@@H]1O[C@H]([C@@H](O)CO)[C@H](O)[C@@H]1O)CO[C@@H]1O[C@H]([C@@H](O)CO)[C@H](O)[C@@H]1O. The van der Waals surface area contributed by atoms with Gasteiger partial charge in [-0.3, -0.25) is 0 Å². The smallest absolute Gasteiger partial charge is 0.186 e. The van der Waals surface area contributed by atoms with E-state index >= 15 is 0 Å². The van der Waals surface area contributed by atoms with Crippen LogP contribution in [0.2, 0.25) is 0 Å². The van der Waals surface area contributed by atoms with Gasteiger partial charge in [0.15, 0.2) is 12.6 Å². The zero-order valence-corrected chi connectivity index (χ0v) is 23.6. The van der Waals surface area contributed by atoms with Crippen LogP contribution in [0.3, 0.4) is 0 Å². The van der Waals surface area contributed by atoms with Crippen molar-refractivity contribution in [2.75, 3.05) is 33.0 Å². The number of aliphatic hydroxyl groups is 8. The molecule has 0 spiro atoms. The third kappa shape index (κ3) is 11.3. The first-order valence-electron chi connectivity index (χ1n) is 14.7. The molecule has 2 heterocycles. The lowest BCUT2D eigenvalue weighted by Crippen LogP contribution is -2.41. The Hall–Kier alpha value is -0.520. The van der Waals surface area contributed by atoms with Crippen molar-refractivity contribution in [1.82, 2.24) is 0 Å². The van der Waals surface area contributed by atoms with Crippen LogP contribution in [0.15, 0.2) is 0 Å². The van der Waals surface area contributed by atoms with Crippen LogP contribution in [-0.2, 0) is 23.7 Å². The zero-order valence-electron chi connectivity index (χ0n) is 23.6. The zero-order chi connectivity index (χ0) is 29.5. The van der Waals surface area contributed by atoms with Crippen LogP contribution in [0.25, 0.3) is 0 Å².